The fraction of sp³-hybridized carbons (Fsp3) is 0.500. The highest BCUT2D eigenvalue weighted by Crippen LogP contribution is 2.14. The fourth-order valence-corrected chi connectivity index (χ4v) is 0.867. The zero-order chi connectivity index (χ0) is 8.43. The van der Waals surface area contributed by atoms with Gasteiger partial charge in [0.15, 0.2) is 0 Å². The molecule has 1 unspecified atom stereocenters. The lowest BCUT2D eigenvalue weighted by Gasteiger charge is -2.16. The average Bonchev–Trinajstić information content (AvgIpc) is 2.34. The van der Waals surface area contributed by atoms with Gasteiger partial charge in [-0.15, -0.1) is 0 Å². The molecule has 0 aliphatic heterocycles. The first-order chi connectivity index (χ1) is 5.11. The maximum atomic E-state index is 5.78. The van der Waals surface area contributed by atoms with E-state index in [1.807, 2.05) is 38.1 Å². The second-order valence-electron chi connectivity index (χ2n) is 2.86. The van der Waals surface area contributed by atoms with Crippen molar-refractivity contribution in [1.29, 1.82) is 0 Å². The Kier molecular flexibility index (Phi) is 2.31. The Hall–Kier alpha value is -0.800. The van der Waals surface area contributed by atoms with Crippen molar-refractivity contribution in [2.45, 2.75) is 13.1 Å². The maximum absolute atomic E-state index is 5.78. The Morgan fingerprint density at radius 1 is 1.45 bits per heavy atom. The quantitative estimate of drug-likeness (QED) is 0.649. The van der Waals surface area contributed by atoms with Gasteiger partial charge < -0.3 is 10.2 Å². The van der Waals surface area contributed by atoms with Gasteiger partial charge >= 0.3 is 0 Å². The highest BCUT2D eigenvalue weighted by Gasteiger charge is 2.10. The van der Waals surface area contributed by atoms with Crippen LogP contribution < -0.4 is 5.73 Å². The van der Waals surface area contributed by atoms with E-state index in [0.717, 1.165) is 11.5 Å². The van der Waals surface area contributed by atoms with Crippen molar-refractivity contribution in [1.82, 2.24) is 4.90 Å². The van der Waals surface area contributed by atoms with Gasteiger partial charge in [-0.3, -0.25) is 4.90 Å². The van der Waals surface area contributed by atoms with Crippen LogP contribution in [0, 0.1) is 6.92 Å². The van der Waals surface area contributed by atoms with Crippen molar-refractivity contribution in [2.24, 2.45) is 5.73 Å². The van der Waals surface area contributed by atoms with Crippen LogP contribution in [-0.2, 0) is 0 Å². The van der Waals surface area contributed by atoms with E-state index in [4.69, 9.17) is 10.2 Å². The summed E-state index contributed by atoms with van der Waals surface area (Å²) in [4.78, 5) is 1.90. The molecule has 1 heterocycles. The van der Waals surface area contributed by atoms with Crippen LogP contribution >= 0.6 is 0 Å². The third-order valence-corrected chi connectivity index (χ3v) is 1.61. The molecule has 0 saturated carbocycles. The summed E-state index contributed by atoms with van der Waals surface area (Å²) in [7, 11) is 3.84. The van der Waals surface area contributed by atoms with Crippen molar-refractivity contribution in [3.8, 4) is 0 Å². The summed E-state index contributed by atoms with van der Waals surface area (Å²) in [6, 6.07) is 3.82. The number of furan rings is 1. The molecule has 0 spiro atoms. The number of rotatable bonds is 2. The number of hydrogen-bond acceptors (Lipinski definition) is 3. The van der Waals surface area contributed by atoms with Gasteiger partial charge in [-0.05, 0) is 33.2 Å². The summed E-state index contributed by atoms with van der Waals surface area (Å²) in [5.41, 5.74) is 5.78. The van der Waals surface area contributed by atoms with E-state index in [1.54, 1.807) is 0 Å². The van der Waals surface area contributed by atoms with Crippen molar-refractivity contribution < 1.29 is 4.42 Å². The van der Waals surface area contributed by atoms with Crippen molar-refractivity contribution >= 4 is 0 Å². The third kappa shape index (κ3) is 1.82. The molecule has 0 bridgehead atoms. The van der Waals surface area contributed by atoms with Crippen LogP contribution in [0.2, 0.25) is 0 Å². The van der Waals surface area contributed by atoms with E-state index >= 15 is 0 Å². The number of nitrogens with zero attached hydrogens (tertiary/aromatic N) is 1. The zero-order valence-electron chi connectivity index (χ0n) is 7.16. The Morgan fingerprint density at radius 3 is 2.45 bits per heavy atom. The largest absolute Gasteiger partial charge is 0.463 e. The molecule has 0 radical (unpaired) electrons. The van der Waals surface area contributed by atoms with Crippen molar-refractivity contribution in [3.05, 3.63) is 23.7 Å². The molecule has 0 aliphatic carbocycles. The van der Waals surface area contributed by atoms with Gasteiger partial charge in [0, 0.05) is 0 Å². The Morgan fingerprint density at radius 2 is 2.09 bits per heavy atom. The lowest BCUT2D eigenvalue weighted by atomic mass is 10.3. The highest BCUT2D eigenvalue weighted by molar-refractivity contribution is 5.08. The number of nitrogens with two attached hydrogens (primary N) is 1. The number of hydrogen-bond donors (Lipinski definition) is 1. The average molecular weight is 154 g/mol. The summed E-state index contributed by atoms with van der Waals surface area (Å²) in [5.74, 6) is 1.71. The van der Waals surface area contributed by atoms with Gasteiger partial charge in [-0.25, -0.2) is 0 Å². The molecule has 62 valence electrons. The number of aryl methyl sites for hydroxylation is 1. The van der Waals surface area contributed by atoms with Gasteiger partial charge in [0.05, 0.1) is 0 Å². The van der Waals surface area contributed by atoms with Crippen molar-refractivity contribution in [2.75, 3.05) is 14.1 Å². The minimum Gasteiger partial charge on any atom is -0.463 e. The smallest absolute Gasteiger partial charge is 0.135 e. The Balaban J connectivity index is 2.76. The molecule has 0 aliphatic rings. The first kappa shape index (κ1) is 8.30. The van der Waals surface area contributed by atoms with Crippen LogP contribution in [0.1, 0.15) is 17.7 Å². The topological polar surface area (TPSA) is 42.4 Å². The monoisotopic (exact) mass is 154 g/mol. The molecule has 3 heteroatoms. The normalized spacial score (nSPS) is 13.9. The first-order valence-electron chi connectivity index (χ1n) is 3.59. The molecule has 0 saturated heterocycles. The predicted molar refractivity (Wildman–Crippen MR) is 44.1 cm³/mol. The van der Waals surface area contributed by atoms with Crippen LogP contribution in [0.15, 0.2) is 16.5 Å². The molecule has 0 aromatic carbocycles. The molecular weight excluding hydrogens is 140 g/mol. The van der Waals surface area contributed by atoms with E-state index < -0.39 is 0 Å². The van der Waals surface area contributed by atoms with E-state index in [2.05, 4.69) is 0 Å². The molecule has 11 heavy (non-hydrogen) atoms. The lowest BCUT2D eigenvalue weighted by Crippen LogP contribution is -2.26. The van der Waals surface area contributed by atoms with Crippen LogP contribution in [0.25, 0.3) is 0 Å². The second-order valence-corrected chi connectivity index (χ2v) is 2.86. The Labute approximate surface area is 66.8 Å². The van der Waals surface area contributed by atoms with E-state index in [0.29, 0.717) is 0 Å². The molecule has 1 atom stereocenters. The summed E-state index contributed by atoms with van der Waals surface area (Å²) in [6.45, 7) is 1.91. The highest BCUT2D eigenvalue weighted by atomic mass is 16.3. The van der Waals surface area contributed by atoms with Crippen LogP contribution in [0.4, 0.5) is 0 Å². The van der Waals surface area contributed by atoms with Gasteiger partial charge in [0.1, 0.15) is 17.7 Å². The lowest BCUT2D eigenvalue weighted by molar-refractivity contribution is 0.262. The van der Waals surface area contributed by atoms with Gasteiger partial charge in [-0.2, -0.15) is 0 Å². The zero-order valence-corrected chi connectivity index (χ0v) is 7.16. The molecular formula is C8H14N2O. The van der Waals surface area contributed by atoms with E-state index in [9.17, 15) is 0 Å². The summed E-state index contributed by atoms with van der Waals surface area (Å²) in [6.07, 6.45) is -0.135. The molecule has 1 aromatic heterocycles. The second kappa shape index (κ2) is 3.07. The molecule has 1 rings (SSSR count). The van der Waals surface area contributed by atoms with Crippen molar-refractivity contribution in [3.63, 3.8) is 0 Å². The molecule has 0 fully saturated rings. The Bertz CT molecular complexity index is 230. The maximum Gasteiger partial charge on any atom is 0.135 e. The molecule has 3 nitrogen and oxygen atoms in total. The van der Waals surface area contributed by atoms with Gasteiger partial charge in [0.2, 0.25) is 0 Å². The summed E-state index contributed by atoms with van der Waals surface area (Å²) >= 11 is 0. The fourth-order valence-electron chi connectivity index (χ4n) is 0.867. The molecule has 0 amide bonds. The SMILES string of the molecule is Cc1ccc(C(N)N(C)C)o1. The first-order valence-corrected chi connectivity index (χ1v) is 3.59. The van der Waals surface area contributed by atoms with Crippen LogP contribution in [-0.4, -0.2) is 19.0 Å². The third-order valence-electron chi connectivity index (χ3n) is 1.61. The van der Waals surface area contributed by atoms with Gasteiger partial charge in [-0.1, -0.05) is 0 Å². The molecule has 1 aromatic rings. The van der Waals surface area contributed by atoms with Crippen LogP contribution in [0.3, 0.4) is 0 Å². The molecule has 2 N–H and O–H groups in total. The standard InChI is InChI=1S/C8H14N2O/c1-6-4-5-7(11-6)8(9)10(2)3/h4-5,8H,9H2,1-3H3. The van der Waals surface area contributed by atoms with E-state index in [-0.39, 0.29) is 6.17 Å². The van der Waals surface area contributed by atoms with E-state index in [1.165, 1.54) is 0 Å². The minimum absolute atomic E-state index is 0.135. The summed E-state index contributed by atoms with van der Waals surface area (Å²) < 4.78 is 5.34. The van der Waals surface area contributed by atoms with Crippen LogP contribution in [0.5, 0.6) is 0 Å². The summed E-state index contributed by atoms with van der Waals surface area (Å²) in [5, 5.41) is 0. The predicted octanol–water partition coefficient (Wildman–Crippen LogP) is 1.11. The minimum atomic E-state index is -0.135. The van der Waals surface area contributed by atoms with Gasteiger partial charge in [0.25, 0.3) is 0 Å².